The molecule has 4 atom stereocenters. The zero-order chi connectivity index (χ0) is 10.3. The minimum atomic E-state index is -0.511. The molecule has 4 nitrogen and oxygen atoms in total. The average Bonchev–Trinajstić information content (AvgIpc) is 2.57. The third-order valence-corrected chi connectivity index (χ3v) is 2.74. The van der Waals surface area contributed by atoms with Crippen LogP contribution in [-0.4, -0.2) is 37.5 Å². The quantitative estimate of drug-likeness (QED) is 0.676. The number of hydrogen-bond acceptors (Lipinski definition) is 4. The highest BCUT2D eigenvalue weighted by Crippen LogP contribution is 2.39. The van der Waals surface area contributed by atoms with Crippen molar-refractivity contribution in [3.8, 4) is 0 Å². The Labute approximate surface area is 84.5 Å². The van der Waals surface area contributed by atoms with Crippen LogP contribution in [-0.2, 0) is 18.9 Å². The van der Waals surface area contributed by atoms with Crippen LogP contribution >= 0.6 is 0 Å². The highest BCUT2D eigenvalue weighted by atomic mass is 16.8. The molecule has 0 bridgehead atoms. The van der Waals surface area contributed by atoms with Crippen molar-refractivity contribution in [3.63, 3.8) is 0 Å². The summed E-state index contributed by atoms with van der Waals surface area (Å²) >= 11 is 0. The number of hydrogen-bond donors (Lipinski definition) is 0. The van der Waals surface area contributed by atoms with Crippen LogP contribution in [0.5, 0.6) is 0 Å². The van der Waals surface area contributed by atoms with Gasteiger partial charge in [0.15, 0.2) is 12.1 Å². The summed E-state index contributed by atoms with van der Waals surface area (Å²) in [6.07, 6.45) is 0.652. The first kappa shape index (κ1) is 10.4. The Balaban J connectivity index is 2.12. The van der Waals surface area contributed by atoms with E-state index in [1.807, 2.05) is 13.8 Å². The molecule has 0 saturated carbocycles. The van der Waals surface area contributed by atoms with Crippen LogP contribution in [0.15, 0.2) is 0 Å². The van der Waals surface area contributed by atoms with Crippen molar-refractivity contribution in [1.82, 2.24) is 0 Å². The number of ether oxygens (including phenoxy) is 4. The number of methoxy groups -OCH3 is 1. The van der Waals surface area contributed by atoms with Gasteiger partial charge in [0, 0.05) is 7.11 Å². The van der Waals surface area contributed by atoms with E-state index < -0.39 is 5.79 Å². The van der Waals surface area contributed by atoms with Crippen molar-refractivity contribution in [3.05, 3.63) is 0 Å². The Bertz CT molecular complexity index is 196. The van der Waals surface area contributed by atoms with Crippen LogP contribution in [0, 0.1) is 0 Å². The molecule has 0 aromatic heterocycles. The lowest BCUT2D eigenvalue weighted by molar-refractivity contribution is -0.227. The number of rotatable bonds is 2. The molecule has 0 amide bonds. The molecule has 0 aromatic carbocycles. The molecule has 2 fully saturated rings. The summed E-state index contributed by atoms with van der Waals surface area (Å²) in [5, 5.41) is 0. The summed E-state index contributed by atoms with van der Waals surface area (Å²) in [5.41, 5.74) is 0. The van der Waals surface area contributed by atoms with E-state index >= 15 is 0 Å². The summed E-state index contributed by atoms with van der Waals surface area (Å²) in [6.45, 7) is 5.92. The lowest BCUT2D eigenvalue weighted by atomic mass is 10.1. The molecule has 82 valence electrons. The van der Waals surface area contributed by atoms with Gasteiger partial charge < -0.3 is 18.9 Å². The van der Waals surface area contributed by atoms with Crippen LogP contribution < -0.4 is 0 Å². The van der Waals surface area contributed by atoms with Gasteiger partial charge >= 0.3 is 0 Å². The molecule has 0 aliphatic carbocycles. The van der Waals surface area contributed by atoms with Crippen molar-refractivity contribution in [2.24, 2.45) is 0 Å². The van der Waals surface area contributed by atoms with Crippen molar-refractivity contribution in [2.75, 3.05) is 7.11 Å². The Morgan fingerprint density at radius 2 is 1.86 bits per heavy atom. The minimum Gasteiger partial charge on any atom is -0.353 e. The van der Waals surface area contributed by atoms with Crippen molar-refractivity contribution >= 4 is 0 Å². The largest absolute Gasteiger partial charge is 0.353 e. The van der Waals surface area contributed by atoms with Crippen LogP contribution in [0.2, 0.25) is 0 Å². The second kappa shape index (κ2) is 3.45. The standard InChI is InChI=1S/C10H18O4/c1-5-6-7-8(9(11-4)12-6)14-10(2,3)13-7/h6-9H,5H2,1-4H3. The van der Waals surface area contributed by atoms with Gasteiger partial charge in [0.2, 0.25) is 0 Å². The molecule has 4 heteroatoms. The molecular formula is C10H18O4. The fourth-order valence-corrected chi connectivity index (χ4v) is 2.16. The third kappa shape index (κ3) is 1.56. The fourth-order valence-electron chi connectivity index (χ4n) is 2.16. The predicted molar refractivity (Wildman–Crippen MR) is 49.8 cm³/mol. The molecule has 2 saturated heterocycles. The second-order valence-corrected chi connectivity index (χ2v) is 4.25. The van der Waals surface area contributed by atoms with Crippen molar-refractivity contribution in [2.45, 2.75) is 57.6 Å². The highest BCUT2D eigenvalue weighted by molar-refractivity contribution is 4.94. The zero-order valence-electron chi connectivity index (χ0n) is 9.15. The van der Waals surface area contributed by atoms with Gasteiger partial charge in [0.1, 0.15) is 12.2 Å². The van der Waals surface area contributed by atoms with Gasteiger partial charge in [-0.3, -0.25) is 0 Å². The predicted octanol–water partition coefficient (Wildman–Crippen LogP) is 1.29. The van der Waals surface area contributed by atoms with Gasteiger partial charge in [-0.1, -0.05) is 6.92 Å². The van der Waals surface area contributed by atoms with Crippen LogP contribution in [0.1, 0.15) is 27.2 Å². The summed E-state index contributed by atoms with van der Waals surface area (Å²) in [6, 6.07) is 0. The molecule has 4 unspecified atom stereocenters. The van der Waals surface area contributed by atoms with Crippen LogP contribution in [0.25, 0.3) is 0 Å². The normalized spacial score (nSPS) is 45.4. The second-order valence-electron chi connectivity index (χ2n) is 4.25. The van der Waals surface area contributed by atoms with E-state index in [4.69, 9.17) is 18.9 Å². The Kier molecular flexibility index (Phi) is 2.55. The summed E-state index contributed by atoms with van der Waals surface area (Å²) < 4.78 is 22.4. The first-order chi connectivity index (χ1) is 6.57. The van der Waals surface area contributed by atoms with E-state index in [2.05, 4.69) is 6.92 Å². The summed E-state index contributed by atoms with van der Waals surface area (Å²) in [5.74, 6) is -0.511. The molecule has 2 aliphatic heterocycles. The topological polar surface area (TPSA) is 36.9 Å². The lowest BCUT2D eigenvalue weighted by Gasteiger charge is -2.22. The van der Waals surface area contributed by atoms with Gasteiger partial charge in [0.25, 0.3) is 0 Å². The Hall–Kier alpha value is -0.160. The molecule has 0 radical (unpaired) electrons. The summed E-state index contributed by atoms with van der Waals surface area (Å²) in [4.78, 5) is 0. The Morgan fingerprint density at radius 3 is 2.43 bits per heavy atom. The zero-order valence-corrected chi connectivity index (χ0v) is 9.15. The highest BCUT2D eigenvalue weighted by Gasteiger charge is 2.54. The monoisotopic (exact) mass is 202 g/mol. The van der Waals surface area contributed by atoms with Crippen molar-refractivity contribution < 1.29 is 18.9 Å². The van der Waals surface area contributed by atoms with Gasteiger partial charge in [0.05, 0.1) is 6.10 Å². The minimum absolute atomic E-state index is 0.0138. The van der Waals surface area contributed by atoms with E-state index in [-0.39, 0.29) is 24.6 Å². The smallest absolute Gasteiger partial charge is 0.186 e. The molecule has 2 aliphatic rings. The molecule has 0 N–H and O–H groups in total. The Morgan fingerprint density at radius 1 is 1.21 bits per heavy atom. The van der Waals surface area contributed by atoms with Gasteiger partial charge in [-0.2, -0.15) is 0 Å². The molecule has 2 rings (SSSR count). The van der Waals surface area contributed by atoms with E-state index in [1.165, 1.54) is 0 Å². The van der Waals surface area contributed by atoms with E-state index in [0.29, 0.717) is 0 Å². The van der Waals surface area contributed by atoms with Gasteiger partial charge in [-0.25, -0.2) is 0 Å². The first-order valence-electron chi connectivity index (χ1n) is 5.11. The average molecular weight is 202 g/mol. The maximum atomic E-state index is 5.78. The molecule has 14 heavy (non-hydrogen) atoms. The number of fused-ring (bicyclic) bond motifs is 1. The van der Waals surface area contributed by atoms with Gasteiger partial charge in [-0.05, 0) is 20.3 Å². The van der Waals surface area contributed by atoms with Crippen molar-refractivity contribution in [1.29, 1.82) is 0 Å². The van der Waals surface area contributed by atoms with E-state index in [9.17, 15) is 0 Å². The molecule has 0 aromatic rings. The third-order valence-electron chi connectivity index (χ3n) is 2.74. The van der Waals surface area contributed by atoms with E-state index in [0.717, 1.165) is 6.42 Å². The fraction of sp³-hybridized carbons (Fsp3) is 1.00. The molecular weight excluding hydrogens is 184 g/mol. The maximum Gasteiger partial charge on any atom is 0.186 e. The van der Waals surface area contributed by atoms with E-state index in [1.54, 1.807) is 7.11 Å². The molecule has 0 spiro atoms. The van der Waals surface area contributed by atoms with Crippen LogP contribution in [0.4, 0.5) is 0 Å². The van der Waals surface area contributed by atoms with Crippen LogP contribution in [0.3, 0.4) is 0 Å². The maximum absolute atomic E-state index is 5.78. The lowest BCUT2D eigenvalue weighted by Crippen LogP contribution is -2.30. The first-order valence-corrected chi connectivity index (χ1v) is 5.11. The SMILES string of the molecule is CCC1OC(OC)C2OC(C)(C)OC12. The summed E-state index contributed by atoms with van der Waals surface area (Å²) in [7, 11) is 1.63. The van der Waals surface area contributed by atoms with Gasteiger partial charge in [-0.15, -0.1) is 0 Å². The molecule has 2 heterocycles.